The molecule has 2 rings (SSSR count). The van der Waals surface area contributed by atoms with Crippen LogP contribution in [0.1, 0.15) is 51.2 Å². The molecule has 0 spiro atoms. The van der Waals surface area contributed by atoms with E-state index in [1.807, 2.05) is 0 Å². The predicted molar refractivity (Wildman–Crippen MR) is 82.4 cm³/mol. The number of ether oxygens (including phenoxy) is 1. The summed E-state index contributed by atoms with van der Waals surface area (Å²) < 4.78 is 44.0. The summed E-state index contributed by atoms with van der Waals surface area (Å²) in [5.74, 6) is 0. The van der Waals surface area contributed by atoms with Gasteiger partial charge in [-0.25, -0.2) is 4.79 Å². The molecule has 0 saturated heterocycles. The highest BCUT2D eigenvalue weighted by Crippen LogP contribution is 2.47. The maximum absolute atomic E-state index is 13.0. The number of benzene rings is 1. The van der Waals surface area contributed by atoms with Gasteiger partial charge in [-0.1, -0.05) is 6.07 Å². The van der Waals surface area contributed by atoms with Gasteiger partial charge < -0.3 is 4.74 Å². The van der Waals surface area contributed by atoms with Crippen LogP contribution in [0.5, 0.6) is 0 Å². The number of carbonyl (C=O) groups excluding carboxylic acids is 1. The lowest BCUT2D eigenvalue weighted by Gasteiger charge is -2.37. The predicted octanol–water partition coefficient (Wildman–Crippen LogP) is 5.00. The van der Waals surface area contributed by atoms with Crippen molar-refractivity contribution in [2.75, 3.05) is 5.32 Å². The molecule has 0 unspecified atom stereocenters. The molecule has 0 atom stereocenters. The first-order valence-electron chi connectivity index (χ1n) is 7.60. The van der Waals surface area contributed by atoms with E-state index in [4.69, 9.17) is 4.74 Å². The summed E-state index contributed by atoms with van der Waals surface area (Å²) in [5.41, 5.74) is -2.15. The van der Waals surface area contributed by atoms with Crippen LogP contribution in [-0.2, 0) is 16.3 Å². The molecule has 1 aliphatic carbocycles. The molecule has 0 aromatic heterocycles. The van der Waals surface area contributed by atoms with Crippen LogP contribution in [0.3, 0.4) is 0 Å². The molecular formula is C17H19F3N2O2. The number of nitriles is 1. The summed E-state index contributed by atoms with van der Waals surface area (Å²) in [5, 5.41) is 11.8. The number of alkyl halides is 3. The van der Waals surface area contributed by atoms with Crippen LogP contribution in [0.15, 0.2) is 18.2 Å². The average Bonchev–Trinajstić information content (AvgIpc) is 2.36. The second-order valence-electron chi connectivity index (χ2n) is 6.93. The normalized spacial score (nSPS) is 16.7. The van der Waals surface area contributed by atoms with E-state index in [1.54, 1.807) is 20.8 Å². The van der Waals surface area contributed by atoms with Crippen LogP contribution in [0.4, 0.5) is 23.7 Å². The smallest absolute Gasteiger partial charge is 0.416 e. The minimum atomic E-state index is -4.54. The van der Waals surface area contributed by atoms with Crippen molar-refractivity contribution in [2.45, 2.75) is 57.2 Å². The number of rotatable bonds is 2. The van der Waals surface area contributed by atoms with Gasteiger partial charge in [-0.2, -0.15) is 18.4 Å². The lowest BCUT2D eigenvalue weighted by molar-refractivity contribution is -0.137. The minimum Gasteiger partial charge on any atom is -0.444 e. The number of anilines is 1. The van der Waals surface area contributed by atoms with E-state index >= 15 is 0 Å². The van der Waals surface area contributed by atoms with Crippen molar-refractivity contribution in [1.82, 2.24) is 0 Å². The molecule has 1 aromatic carbocycles. The largest absolute Gasteiger partial charge is 0.444 e. The molecule has 0 radical (unpaired) electrons. The number of halogens is 3. The molecule has 1 aliphatic rings. The topological polar surface area (TPSA) is 62.1 Å². The second-order valence-corrected chi connectivity index (χ2v) is 6.93. The Morgan fingerprint density at radius 2 is 1.92 bits per heavy atom. The summed E-state index contributed by atoms with van der Waals surface area (Å²) >= 11 is 0. The fourth-order valence-electron chi connectivity index (χ4n) is 2.63. The van der Waals surface area contributed by atoms with Gasteiger partial charge in [-0.3, -0.25) is 5.32 Å². The zero-order valence-electron chi connectivity index (χ0n) is 13.8. The third kappa shape index (κ3) is 3.81. The van der Waals surface area contributed by atoms with E-state index in [-0.39, 0.29) is 5.69 Å². The van der Waals surface area contributed by atoms with Gasteiger partial charge in [0.1, 0.15) is 5.60 Å². The summed E-state index contributed by atoms with van der Waals surface area (Å²) in [6, 6.07) is 5.25. The quantitative estimate of drug-likeness (QED) is 0.824. The number of hydrogen-bond acceptors (Lipinski definition) is 3. The maximum Gasteiger partial charge on any atom is 0.416 e. The summed E-state index contributed by atoms with van der Waals surface area (Å²) in [4.78, 5) is 12.0. The standard InChI is InChI=1S/C17H19F3N2O2/c1-15(2,3)24-14(23)22-13-9-11(17(18,19)20)5-6-12(13)16(10-21)7-4-8-16/h5-6,9H,4,7-8H2,1-3H3,(H,22,23). The van der Waals surface area contributed by atoms with Crippen LogP contribution in [0.25, 0.3) is 0 Å². The zero-order valence-corrected chi connectivity index (χ0v) is 13.8. The molecule has 1 aromatic rings. The average molecular weight is 340 g/mol. The van der Waals surface area contributed by atoms with Crippen molar-refractivity contribution in [3.05, 3.63) is 29.3 Å². The number of amides is 1. The van der Waals surface area contributed by atoms with Gasteiger partial charge in [0.25, 0.3) is 0 Å². The van der Waals surface area contributed by atoms with E-state index in [0.717, 1.165) is 18.6 Å². The maximum atomic E-state index is 13.0. The third-order valence-corrected chi connectivity index (χ3v) is 3.92. The Morgan fingerprint density at radius 1 is 1.29 bits per heavy atom. The Hall–Kier alpha value is -2.23. The Balaban J connectivity index is 2.41. The zero-order chi connectivity index (χ0) is 18.2. The van der Waals surface area contributed by atoms with Crippen molar-refractivity contribution < 1.29 is 22.7 Å². The molecule has 4 nitrogen and oxygen atoms in total. The fourth-order valence-corrected chi connectivity index (χ4v) is 2.63. The van der Waals surface area contributed by atoms with Crippen LogP contribution in [0, 0.1) is 11.3 Å². The number of hydrogen-bond donors (Lipinski definition) is 1. The highest BCUT2D eigenvalue weighted by molar-refractivity contribution is 5.86. The van der Waals surface area contributed by atoms with Crippen molar-refractivity contribution >= 4 is 11.8 Å². The molecule has 1 amide bonds. The van der Waals surface area contributed by atoms with Crippen molar-refractivity contribution in [3.63, 3.8) is 0 Å². The van der Waals surface area contributed by atoms with Crippen LogP contribution < -0.4 is 5.32 Å². The van der Waals surface area contributed by atoms with Crippen molar-refractivity contribution in [1.29, 1.82) is 5.26 Å². The van der Waals surface area contributed by atoms with Crippen molar-refractivity contribution in [3.8, 4) is 6.07 Å². The van der Waals surface area contributed by atoms with E-state index in [2.05, 4.69) is 11.4 Å². The Labute approximate surface area is 138 Å². The fraction of sp³-hybridized carbons (Fsp3) is 0.529. The minimum absolute atomic E-state index is 0.0275. The lowest BCUT2D eigenvalue weighted by Crippen LogP contribution is -2.34. The molecule has 0 heterocycles. The monoisotopic (exact) mass is 340 g/mol. The molecular weight excluding hydrogens is 321 g/mol. The van der Waals surface area contributed by atoms with E-state index < -0.39 is 28.8 Å². The molecule has 130 valence electrons. The molecule has 0 aliphatic heterocycles. The first kappa shape index (κ1) is 18.1. The van der Waals surface area contributed by atoms with Gasteiger partial charge in [0.05, 0.1) is 17.0 Å². The van der Waals surface area contributed by atoms with Crippen LogP contribution in [0.2, 0.25) is 0 Å². The first-order chi connectivity index (χ1) is 11.0. The second kappa shape index (κ2) is 6.00. The Kier molecular flexibility index (Phi) is 4.53. The highest BCUT2D eigenvalue weighted by atomic mass is 19.4. The molecule has 0 bridgehead atoms. The van der Waals surface area contributed by atoms with Gasteiger partial charge in [-0.05, 0) is 57.7 Å². The first-order valence-corrected chi connectivity index (χ1v) is 7.60. The SMILES string of the molecule is CC(C)(C)OC(=O)Nc1cc(C(F)(F)F)ccc1C1(C#N)CCC1. The molecule has 7 heteroatoms. The number of carbonyl (C=O) groups is 1. The Bertz CT molecular complexity index is 681. The summed E-state index contributed by atoms with van der Waals surface area (Å²) in [6.45, 7) is 4.97. The molecule has 1 N–H and O–H groups in total. The van der Waals surface area contributed by atoms with E-state index in [0.29, 0.717) is 18.4 Å². The number of nitrogens with one attached hydrogen (secondary N) is 1. The van der Waals surface area contributed by atoms with Gasteiger partial charge in [0.2, 0.25) is 0 Å². The molecule has 1 saturated carbocycles. The molecule has 24 heavy (non-hydrogen) atoms. The summed E-state index contributed by atoms with van der Waals surface area (Å²) in [7, 11) is 0. The van der Waals surface area contributed by atoms with E-state index in [1.165, 1.54) is 6.07 Å². The number of nitrogens with zero attached hydrogens (tertiary/aromatic N) is 1. The highest BCUT2D eigenvalue weighted by Gasteiger charge is 2.42. The van der Waals surface area contributed by atoms with Gasteiger partial charge in [0.15, 0.2) is 0 Å². The van der Waals surface area contributed by atoms with Crippen LogP contribution >= 0.6 is 0 Å². The Morgan fingerprint density at radius 3 is 2.33 bits per heavy atom. The van der Waals surface area contributed by atoms with E-state index in [9.17, 15) is 23.2 Å². The van der Waals surface area contributed by atoms with Crippen LogP contribution in [-0.4, -0.2) is 11.7 Å². The van der Waals surface area contributed by atoms with Gasteiger partial charge >= 0.3 is 12.3 Å². The lowest BCUT2D eigenvalue weighted by atomic mass is 9.65. The van der Waals surface area contributed by atoms with Gasteiger partial charge in [-0.15, -0.1) is 0 Å². The third-order valence-electron chi connectivity index (χ3n) is 3.92. The van der Waals surface area contributed by atoms with Gasteiger partial charge in [0, 0.05) is 5.69 Å². The summed E-state index contributed by atoms with van der Waals surface area (Å²) in [6.07, 6.45) is -3.46. The van der Waals surface area contributed by atoms with Crippen molar-refractivity contribution in [2.24, 2.45) is 0 Å². The molecule has 1 fully saturated rings.